The van der Waals surface area contributed by atoms with Gasteiger partial charge in [-0.15, -0.1) is 0 Å². The molecule has 0 radical (unpaired) electrons. The van der Waals surface area contributed by atoms with E-state index in [0.29, 0.717) is 58.1 Å². The molecule has 0 saturated heterocycles. The second-order valence-electron chi connectivity index (χ2n) is 7.89. The predicted molar refractivity (Wildman–Crippen MR) is 129 cm³/mol. The standard InChI is InChI=1S/C25H21N3O5S/c26-34(30,31)15-16-5-8-18(9-6-16)27-25(29)20-14-22(28-21-4-2-1-3-19(20)21)17-7-10-23-24(13-17)33-12-11-32-23/h1-10,13-14H,11-12,15H2,(H,27,29)(H2,26,30,31). The third-order valence-corrected chi connectivity index (χ3v) is 6.11. The third-order valence-electron chi connectivity index (χ3n) is 5.38. The van der Waals surface area contributed by atoms with Crippen LogP contribution in [0.4, 0.5) is 5.69 Å². The van der Waals surface area contributed by atoms with Gasteiger partial charge in [0.25, 0.3) is 5.91 Å². The summed E-state index contributed by atoms with van der Waals surface area (Å²) >= 11 is 0. The van der Waals surface area contributed by atoms with E-state index in [-0.39, 0.29) is 11.7 Å². The number of sulfonamides is 1. The van der Waals surface area contributed by atoms with Crippen molar-refractivity contribution < 1.29 is 22.7 Å². The van der Waals surface area contributed by atoms with Crippen LogP contribution in [0, 0.1) is 0 Å². The minimum Gasteiger partial charge on any atom is -0.486 e. The average Bonchev–Trinajstić information content (AvgIpc) is 2.83. The Balaban J connectivity index is 1.48. The Kier molecular flexibility index (Phi) is 5.64. The Morgan fingerprint density at radius 1 is 0.941 bits per heavy atom. The highest BCUT2D eigenvalue weighted by Gasteiger charge is 2.17. The van der Waals surface area contributed by atoms with Crippen molar-refractivity contribution in [3.63, 3.8) is 0 Å². The highest BCUT2D eigenvalue weighted by molar-refractivity contribution is 7.88. The van der Waals surface area contributed by atoms with Crippen LogP contribution in [0.5, 0.6) is 11.5 Å². The van der Waals surface area contributed by atoms with Gasteiger partial charge in [-0.2, -0.15) is 0 Å². The molecule has 3 aromatic carbocycles. The van der Waals surface area contributed by atoms with Crippen molar-refractivity contribution in [2.24, 2.45) is 5.14 Å². The molecule has 1 amide bonds. The van der Waals surface area contributed by atoms with Gasteiger partial charge in [-0.25, -0.2) is 18.5 Å². The molecule has 1 aliphatic rings. The fourth-order valence-corrected chi connectivity index (χ4v) is 4.49. The number of nitrogens with zero attached hydrogens (tertiary/aromatic N) is 1. The van der Waals surface area contributed by atoms with Crippen LogP contribution in [0.3, 0.4) is 0 Å². The molecule has 8 nitrogen and oxygen atoms in total. The number of anilines is 1. The summed E-state index contributed by atoms with van der Waals surface area (Å²) in [7, 11) is -3.63. The zero-order chi connectivity index (χ0) is 23.7. The number of aromatic nitrogens is 1. The van der Waals surface area contributed by atoms with E-state index in [4.69, 9.17) is 19.6 Å². The molecule has 3 N–H and O–H groups in total. The highest BCUT2D eigenvalue weighted by atomic mass is 32.2. The topological polar surface area (TPSA) is 121 Å². The molecule has 0 unspecified atom stereocenters. The van der Waals surface area contributed by atoms with Crippen molar-refractivity contribution in [2.75, 3.05) is 18.5 Å². The molecule has 172 valence electrons. The third kappa shape index (κ3) is 4.70. The first-order valence-corrected chi connectivity index (χ1v) is 12.3. The molecule has 0 atom stereocenters. The maximum absolute atomic E-state index is 13.3. The molecule has 5 rings (SSSR count). The molecule has 0 bridgehead atoms. The number of ether oxygens (including phenoxy) is 2. The Morgan fingerprint density at radius 2 is 1.68 bits per heavy atom. The number of pyridine rings is 1. The fourth-order valence-electron chi connectivity index (χ4n) is 3.83. The molecular weight excluding hydrogens is 454 g/mol. The number of fused-ring (bicyclic) bond motifs is 2. The second-order valence-corrected chi connectivity index (χ2v) is 9.50. The van der Waals surface area contributed by atoms with Crippen molar-refractivity contribution in [3.05, 3.63) is 83.9 Å². The van der Waals surface area contributed by atoms with E-state index in [9.17, 15) is 13.2 Å². The second kappa shape index (κ2) is 8.77. The summed E-state index contributed by atoms with van der Waals surface area (Å²) in [6, 6.07) is 21.3. The molecule has 9 heteroatoms. The van der Waals surface area contributed by atoms with Gasteiger partial charge in [0, 0.05) is 16.6 Å². The molecule has 1 aromatic heterocycles. The summed E-state index contributed by atoms with van der Waals surface area (Å²) in [4.78, 5) is 18.0. The number of nitrogens with one attached hydrogen (secondary N) is 1. The number of hydrogen-bond acceptors (Lipinski definition) is 6. The molecule has 0 aliphatic carbocycles. The number of hydrogen-bond donors (Lipinski definition) is 2. The lowest BCUT2D eigenvalue weighted by Gasteiger charge is -2.19. The number of rotatable bonds is 5. The molecule has 0 saturated carbocycles. The lowest BCUT2D eigenvalue weighted by atomic mass is 10.0. The summed E-state index contributed by atoms with van der Waals surface area (Å²) in [5, 5.41) is 8.69. The molecule has 0 spiro atoms. The van der Waals surface area contributed by atoms with E-state index in [1.807, 2.05) is 42.5 Å². The largest absolute Gasteiger partial charge is 0.486 e. The molecule has 0 fully saturated rings. The number of benzene rings is 3. The Hall–Kier alpha value is -3.95. The van der Waals surface area contributed by atoms with Crippen LogP contribution in [0.2, 0.25) is 0 Å². The van der Waals surface area contributed by atoms with Gasteiger partial charge in [-0.1, -0.05) is 30.3 Å². The van der Waals surface area contributed by atoms with Crippen molar-refractivity contribution in [2.45, 2.75) is 5.75 Å². The number of carbonyl (C=O) groups is 1. The first-order valence-electron chi connectivity index (χ1n) is 10.6. The average molecular weight is 476 g/mol. The summed E-state index contributed by atoms with van der Waals surface area (Å²) in [5.74, 6) is 0.746. The summed E-state index contributed by atoms with van der Waals surface area (Å²) in [6.07, 6.45) is 0. The van der Waals surface area contributed by atoms with Crippen LogP contribution in [0.1, 0.15) is 15.9 Å². The number of para-hydroxylation sites is 1. The molecule has 34 heavy (non-hydrogen) atoms. The predicted octanol–water partition coefficient (Wildman–Crippen LogP) is 3.71. The van der Waals surface area contributed by atoms with Crippen molar-refractivity contribution in [1.82, 2.24) is 4.98 Å². The van der Waals surface area contributed by atoms with Gasteiger partial charge in [0.05, 0.1) is 22.5 Å². The molecule has 1 aliphatic heterocycles. The zero-order valence-electron chi connectivity index (χ0n) is 18.0. The quantitative estimate of drug-likeness (QED) is 0.454. The maximum Gasteiger partial charge on any atom is 0.256 e. The minimum atomic E-state index is -3.63. The van der Waals surface area contributed by atoms with Crippen molar-refractivity contribution in [3.8, 4) is 22.8 Å². The summed E-state index contributed by atoms with van der Waals surface area (Å²) in [5.41, 5.74) is 3.65. The van der Waals surface area contributed by atoms with E-state index in [1.54, 1.807) is 30.3 Å². The molecule has 4 aromatic rings. The zero-order valence-corrected chi connectivity index (χ0v) is 18.8. The molecular formula is C25H21N3O5S. The smallest absolute Gasteiger partial charge is 0.256 e. The van der Waals surface area contributed by atoms with Gasteiger partial charge in [0.1, 0.15) is 13.2 Å². The van der Waals surface area contributed by atoms with Crippen LogP contribution in [-0.4, -0.2) is 32.5 Å². The van der Waals surface area contributed by atoms with Gasteiger partial charge < -0.3 is 14.8 Å². The summed E-state index contributed by atoms with van der Waals surface area (Å²) < 4.78 is 33.9. The minimum absolute atomic E-state index is 0.269. The van der Waals surface area contributed by atoms with Gasteiger partial charge in [0.15, 0.2) is 11.5 Å². The Labute approximate surface area is 196 Å². The van der Waals surface area contributed by atoms with Gasteiger partial charge in [-0.3, -0.25) is 4.79 Å². The normalized spacial score (nSPS) is 13.0. The first kappa shape index (κ1) is 21.9. The van der Waals surface area contributed by atoms with E-state index >= 15 is 0 Å². The van der Waals surface area contributed by atoms with Crippen LogP contribution in [-0.2, 0) is 15.8 Å². The number of amides is 1. The first-order chi connectivity index (χ1) is 16.4. The van der Waals surface area contributed by atoms with Crippen molar-refractivity contribution in [1.29, 1.82) is 0 Å². The van der Waals surface area contributed by atoms with Crippen LogP contribution >= 0.6 is 0 Å². The Bertz CT molecular complexity index is 1500. The van der Waals surface area contributed by atoms with E-state index in [0.717, 1.165) is 5.56 Å². The van der Waals surface area contributed by atoms with Gasteiger partial charge in [-0.05, 0) is 48.0 Å². The molecule has 2 heterocycles. The maximum atomic E-state index is 13.3. The van der Waals surface area contributed by atoms with E-state index in [2.05, 4.69) is 5.32 Å². The lowest BCUT2D eigenvalue weighted by molar-refractivity contribution is 0.102. The van der Waals surface area contributed by atoms with Gasteiger partial charge >= 0.3 is 0 Å². The van der Waals surface area contributed by atoms with Gasteiger partial charge in [0.2, 0.25) is 10.0 Å². The lowest BCUT2D eigenvalue weighted by Crippen LogP contribution is -2.15. The number of carbonyl (C=O) groups excluding carboxylic acids is 1. The van der Waals surface area contributed by atoms with E-state index < -0.39 is 10.0 Å². The highest BCUT2D eigenvalue weighted by Crippen LogP contribution is 2.35. The van der Waals surface area contributed by atoms with Crippen LogP contribution < -0.4 is 19.9 Å². The SMILES string of the molecule is NS(=O)(=O)Cc1ccc(NC(=O)c2cc(-c3ccc4c(c3)OCCO4)nc3ccccc23)cc1. The number of primary sulfonamides is 1. The fraction of sp³-hybridized carbons (Fsp3) is 0.120. The monoisotopic (exact) mass is 475 g/mol. The van der Waals surface area contributed by atoms with Crippen LogP contribution in [0.15, 0.2) is 72.8 Å². The summed E-state index contributed by atoms with van der Waals surface area (Å²) in [6.45, 7) is 0.985. The van der Waals surface area contributed by atoms with Crippen LogP contribution in [0.25, 0.3) is 22.2 Å². The number of nitrogens with two attached hydrogens (primary N) is 1. The van der Waals surface area contributed by atoms with E-state index in [1.165, 1.54) is 0 Å². The van der Waals surface area contributed by atoms with Crippen molar-refractivity contribution >= 4 is 32.5 Å². The Morgan fingerprint density at radius 3 is 2.44 bits per heavy atom.